The Kier molecular flexibility index (Phi) is 5.68. The van der Waals surface area contributed by atoms with Crippen molar-refractivity contribution in [1.29, 1.82) is 0 Å². The molecule has 1 saturated heterocycles. The summed E-state index contributed by atoms with van der Waals surface area (Å²) in [5.41, 5.74) is 2.16. The minimum Gasteiger partial charge on any atom is -0.375 e. The van der Waals surface area contributed by atoms with Crippen molar-refractivity contribution in [3.63, 3.8) is 0 Å². The van der Waals surface area contributed by atoms with Crippen LogP contribution in [0.4, 0.5) is 20.7 Å². The van der Waals surface area contributed by atoms with Crippen LogP contribution in [0.3, 0.4) is 0 Å². The number of morpholine rings is 1. The van der Waals surface area contributed by atoms with Crippen LogP contribution >= 0.6 is 0 Å². The second-order valence-corrected chi connectivity index (χ2v) is 6.42. The van der Waals surface area contributed by atoms with Crippen molar-refractivity contribution in [1.82, 2.24) is 10.3 Å². The van der Waals surface area contributed by atoms with Gasteiger partial charge in [-0.3, -0.25) is 0 Å². The van der Waals surface area contributed by atoms with Crippen molar-refractivity contribution >= 4 is 17.5 Å². The predicted octanol–water partition coefficient (Wildman–Crippen LogP) is 3.08. The van der Waals surface area contributed by atoms with E-state index >= 15 is 0 Å². The van der Waals surface area contributed by atoms with Gasteiger partial charge in [0.05, 0.1) is 12.7 Å². The summed E-state index contributed by atoms with van der Waals surface area (Å²) in [6, 6.07) is 7.81. The number of hydrogen-bond donors (Lipinski definition) is 2. The van der Waals surface area contributed by atoms with Gasteiger partial charge in [-0.2, -0.15) is 0 Å². The number of aryl methyl sites for hydroxylation is 1. The number of amides is 2. The van der Waals surface area contributed by atoms with Gasteiger partial charge in [0.2, 0.25) is 0 Å². The summed E-state index contributed by atoms with van der Waals surface area (Å²) < 4.78 is 18.6. The third kappa shape index (κ3) is 4.70. The number of ether oxygens (including phenoxy) is 1. The van der Waals surface area contributed by atoms with Crippen molar-refractivity contribution in [3.05, 3.63) is 53.5 Å². The molecule has 1 unspecified atom stereocenters. The normalized spacial score (nSPS) is 17.0. The molecular formula is C19H23FN4O2. The van der Waals surface area contributed by atoms with E-state index in [-0.39, 0.29) is 18.0 Å². The molecule has 1 aromatic carbocycles. The molecule has 2 heterocycles. The van der Waals surface area contributed by atoms with Crippen LogP contribution in [-0.2, 0) is 11.3 Å². The van der Waals surface area contributed by atoms with E-state index in [2.05, 4.69) is 20.5 Å². The Morgan fingerprint density at radius 2 is 2.23 bits per heavy atom. The highest BCUT2D eigenvalue weighted by molar-refractivity contribution is 5.89. The lowest BCUT2D eigenvalue weighted by Crippen LogP contribution is -2.41. The zero-order chi connectivity index (χ0) is 18.5. The van der Waals surface area contributed by atoms with E-state index in [1.54, 1.807) is 19.2 Å². The summed E-state index contributed by atoms with van der Waals surface area (Å²) in [5.74, 6) is 0.588. The Morgan fingerprint density at radius 3 is 2.92 bits per heavy atom. The first kappa shape index (κ1) is 18.1. The topological polar surface area (TPSA) is 66.5 Å². The molecule has 1 atom stereocenters. The smallest absolute Gasteiger partial charge is 0.319 e. The summed E-state index contributed by atoms with van der Waals surface area (Å²) in [5, 5.41) is 5.49. The standard InChI is InChI=1S/C19H23FN4O2/c1-13-9-16(20)4-5-17(13)23-19(25)22-11-15-3-6-18(21-10-15)24-7-8-26-14(2)12-24/h3-6,9-10,14H,7-8,11-12H2,1-2H3,(H2,22,23,25). The van der Waals surface area contributed by atoms with E-state index < -0.39 is 0 Å². The number of nitrogens with zero attached hydrogens (tertiary/aromatic N) is 2. The molecule has 7 heteroatoms. The molecule has 26 heavy (non-hydrogen) atoms. The highest BCUT2D eigenvalue weighted by Gasteiger charge is 2.17. The Hall–Kier alpha value is -2.67. The number of urea groups is 1. The Labute approximate surface area is 152 Å². The molecular weight excluding hydrogens is 335 g/mol. The molecule has 1 aromatic heterocycles. The number of aromatic nitrogens is 1. The number of carbonyl (C=O) groups excluding carboxylic acids is 1. The van der Waals surface area contributed by atoms with Crippen LogP contribution in [0, 0.1) is 12.7 Å². The number of benzene rings is 1. The van der Waals surface area contributed by atoms with E-state index in [0.29, 0.717) is 24.4 Å². The zero-order valence-corrected chi connectivity index (χ0v) is 15.0. The fourth-order valence-electron chi connectivity index (χ4n) is 2.85. The lowest BCUT2D eigenvalue weighted by Gasteiger charge is -2.32. The number of rotatable bonds is 4. The van der Waals surface area contributed by atoms with Gasteiger partial charge in [-0.15, -0.1) is 0 Å². The first-order valence-corrected chi connectivity index (χ1v) is 8.64. The van der Waals surface area contributed by atoms with Gasteiger partial charge >= 0.3 is 6.03 Å². The largest absolute Gasteiger partial charge is 0.375 e. The second kappa shape index (κ2) is 8.14. The van der Waals surface area contributed by atoms with Gasteiger partial charge in [0.15, 0.2) is 0 Å². The van der Waals surface area contributed by atoms with Gasteiger partial charge in [-0.05, 0) is 49.2 Å². The fourth-order valence-corrected chi connectivity index (χ4v) is 2.85. The van der Waals surface area contributed by atoms with Crippen molar-refractivity contribution in [3.8, 4) is 0 Å². The first-order chi connectivity index (χ1) is 12.5. The van der Waals surface area contributed by atoms with Gasteiger partial charge in [0, 0.05) is 31.5 Å². The average molecular weight is 358 g/mol. The summed E-state index contributed by atoms with van der Waals surface area (Å²) in [6.07, 6.45) is 1.96. The minimum absolute atomic E-state index is 0.200. The van der Waals surface area contributed by atoms with Crippen LogP contribution in [0.2, 0.25) is 0 Å². The van der Waals surface area contributed by atoms with Crippen molar-refractivity contribution in [2.24, 2.45) is 0 Å². The van der Waals surface area contributed by atoms with Gasteiger partial charge < -0.3 is 20.3 Å². The molecule has 3 rings (SSSR count). The van der Waals surface area contributed by atoms with Gasteiger partial charge in [0.1, 0.15) is 11.6 Å². The number of nitrogens with one attached hydrogen (secondary N) is 2. The Balaban J connectivity index is 1.52. The van der Waals surface area contributed by atoms with Gasteiger partial charge in [-0.1, -0.05) is 6.07 Å². The molecule has 0 spiro atoms. The molecule has 6 nitrogen and oxygen atoms in total. The summed E-state index contributed by atoms with van der Waals surface area (Å²) >= 11 is 0. The van der Waals surface area contributed by atoms with Gasteiger partial charge in [-0.25, -0.2) is 14.2 Å². The lowest BCUT2D eigenvalue weighted by atomic mass is 10.2. The number of anilines is 2. The SMILES string of the molecule is Cc1cc(F)ccc1NC(=O)NCc1ccc(N2CCOC(C)C2)nc1. The van der Waals surface area contributed by atoms with Gasteiger partial charge in [0.25, 0.3) is 0 Å². The van der Waals surface area contributed by atoms with E-state index in [4.69, 9.17) is 4.74 Å². The van der Waals surface area contributed by atoms with Crippen molar-refractivity contribution in [2.75, 3.05) is 29.9 Å². The molecule has 0 radical (unpaired) electrons. The number of hydrogen-bond acceptors (Lipinski definition) is 4. The maximum atomic E-state index is 13.1. The average Bonchev–Trinajstić information content (AvgIpc) is 2.63. The van der Waals surface area contributed by atoms with E-state index in [9.17, 15) is 9.18 Å². The highest BCUT2D eigenvalue weighted by atomic mass is 19.1. The number of pyridine rings is 1. The molecule has 1 aliphatic rings. The van der Waals surface area contributed by atoms with E-state index in [1.165, 1.54) is 12.1 Å². The van der Waals surface area contributed by atoms with Crippen LogP contribution in [0.15, 0.2) is 36.5 Å². The molecule has 2 aromatic rings. The molecule has 1 aliphatic heterocycles. The molecule has 1 fully saturated rings. The molecule has 0 saturated carbocycles. The Morgan fingerprint density at radius 1 is 1.38 bits per heavy atom. The van der Waals surface area contributed by atoms with Crippen molar-refractivity contribution in [2.45, 2.75) is 26.5 Å². The first-order valence-electron chi connectivity index (χ1n) is 8.64. The molecule has 0 bridgehead atoms. The Bertz CT molecular complexity index is 767. The quantitative estimate of drug-likeness (QED) is 0.881. The van der Waals surface area contributed by atoms with Crippen LogP contribution < -0.4 is 15.5 Å². The predicted molar refractivity (Wildman–Crippen MR) is 98.9 cm³/mol. The molecule has 2 amide bonds. The zero-order valence-electron chi connectivity index (χ0n) is 15.0. The fraction of sp³-hybridized carbons (Fsp3) is 0.368. The van der Waals surface area contributed by atoms with Crippen molar-refractivity contribution < 1.29 is 13.9 Å². The molecule has 2 N–H and O–H groups in total. The maximum Gasteiger partial charge on any atom is 0.319 e. The van der Waals surface area contributed by atoms with Crippen LogP contribution in [-0.4, -0.2) is 36.8 Å². The lowest BCUT2D eigenvalue weighted by molar-refractivity contribution is 0.0529. The monoisotopic (exact) mass is 358 g/mol. The number of carbonyl (C=O) groups is 1. The number of halogens is 1. The van der Waals surface area contributed by atoms with Crippen LogP contribution in [0.5, 0.6) is 0 Å². The van der Waals surface area contributed by atoms with E-state index in [0.717, 1.165) is 24.5 Å². The maximum absolute atomic E-state index is 13.1. The minimum atomic E-state index is -0.342. The van der Waals surface area contributed by atoms with E-state index in [1.807, 2.05) is 19.1 Å². The second-order valence-electron chi connectivity index (χ2n) is 6.42. The third-order valence-corrected chi connectivity index (χ3v) is 4.26. The van der Waals surface area contributed by atoms with Crippen LogP contribution in [0.1, 0.15) is 18.1 Å². The third-order valence-electron chi connectivity index (χ3n) is 4.26. The summed E-state index contributed by atoms with van der Waals surface area (Å²) in [7, 11) is 0. The highest BCUT2D eigenvalue weighted by Crippen LogP contribution is 2.16. The summed E-state index contributed by atoms with van der Waals surface area (Å²) in [6.45, 7) is 6.51. The molecule has 0 aliphatic carbocycles. The summed E-state index contributed by atoms with van der Waals surface area (Å²) in [4.78, 5) is 18.7. The molecule has 138 valence electrons. The van der Waals surface area contributed by atoms with Crippen LogP contribution in [0.25, 0.3) is 0 Å².